The number of benzene rings is 1. The van der Waals surface area contributed by atoms with E-state index < -0.39 is 12.1 Å². The summed E-state index contributed by atoms with van der Waals surface area (Å²) in [6.07, 6.45) is -0.333. The second kappa shape index (κ2) is 5.35. The molecule has 0 unspecified atom stereocenters. The molecule has 0 spiro atoms. The fraction of sp³-hybridized carbons (Fsp3) is 0.462. The number of alkyl halides is 1. The number of aryl methyl sites for hydroxylation is 1. The SMILES string of the molecule is Cc1cc(C(=O)O)ccc1OC[C@@H]1C[C@H](F)CN1. The molecule has 1 heterocycles. The maximum atomic E-state index is 12.9. The summed E-state index contributed by atoms with van der Waals surface area (Å²) in [7, 11) is 0. The number of rotatable bonds is 4. The Morgan fingerprint density at radius 2 is 2.39 bits per heavy atom. The van der Waals surface area contributed by atoms with E-state index in [9.17, 15) is 9.18 Å². The number of aromatic carboxylic acids is 1. The molecule has 1 aliphatic heterocycles. The number of hydrogen-bond acceptors (Lipinski definition) is 3. The van der Waals surface area contributed by atoms with Gasteiger partial charge in [-0.2, -0.15) is 0 Å². The van der Waals surface area contributed by atoms with Crippen LogP contribution in [-0.2, 0) is 0 Å². The lowest BCUT2D eigenvalue weighted by atomic mass is 10.1. The molecule has 0 saturated carbocycles. The molecule has 1 saturated heterocycles. The average molecular weight is 253 g/mol. The van der Waals surface area contributed by atoms with Crippen molar-refractivity contribution < 1.29 is 19.0 Å². The van der Waals surface area contributed by atoms with E-state index in [-0.39, 0.29) is 11.6 Å². The monoisotopic (exact) mass is 253 g/mol. The van der Waals surface area contributed by atoms with Gasteiger partial charge in [-0.3, -0.25) is 0 Å². The Hall–Kier alpha value is -1.62. The topological polar surface area (TPSA) is 58.6 Å². The maximum absolute atomic E-state index is 12.9. The highest BCUT2D eigenvalue weighted by molar-refractivity contribution is 5.88. The summed E-state index contributed by atoms with van der Waals surface area (Å²) in [6, 6.07) is 4.74. The van der Waals surface area contributed by atoms with E-state index in [1.165, 1.54) is 6.07 Å². The summed E-state index contributed by atoms with van der Waals surface area (Å²) in [5.74, 6) is -0.313. The lowest BCUT2D eigenvalue weighted by Gasteiger charge is -2.13. The molecule has 2 rings (SSSR count). The molecule has 1 aromatic rings. The van der Waals surface area contributed by atoms with Gasteiger partial charge in [-0.1, -0.05) is 0 Å². The minimum Gasteiger partial charge on any atom is -0.492 e. The van der Waals surface area contributed by atoms with E-state index in [0.717, 1.165) is 5.56 Å². The van der Waals surface area contributed by atoms with Crippen LogP contribution in [0, 0.1) is 6.92 Å². The first kappa shape index (κ1) is 12.8. The average Bonchev–Trinajstić information content (AvgIpc) is 2.73. The van der Waals surface area contributed by atoms with Gasteiger partial charge >= 0.3 is 5.97 Å². The van der Waals surface area contributed by atoms with E-state index in [1.807, 2.05) is 0 Å². The van der Waals surface area contributed by atoms with Crippen LogP contribution in [0.25, 0.3) is 0 Å². The predicted octanol–water partition coefficient (Wildman–Crippen LogP) is 1.77. The zero-order valence-corrected chi connectivity index (χ0v) is 10.1. The van der Waals surface area contributed by atoms with Crippen LogP contribution in [0.15, 0.2) is 18.2 Å². The molecule has 0 aromatic heterocycles. The smallest absolute Gasteiger partial charge is 0.335 e. The van der Waals surface area contributed by atoms with Crippen LogP contribution in [0.2, 0.25) is 0 Å². The molecule has 2 atom stereocenters. The summed E-state index contributed by atoms with van der Waals surface area (Å²) in [6.45, 7) is 2.57. The van der Waals surface area contributed by atoms with Gasteiger partial charge in [0, 0.05) is 12.6 Å². The van der Waals surface area contributed by atoms with Gasteiger partial charge < -0.3 is 15.2 Å². The van der Waals surface area contributed by atoms with Crippen molar-refractivity contribution in [2.24, 2.45) is 0 Å². The number of carboxylic acids is 1. The van der Waals surface area contributed by atoms with Crippen LogP contribution in [0.4, 0.5) is 4.39 Å². The van der Waals surface area contributed by atoms with E-state index >= 15 is 0 Å². The van der Waals surface area contributed by atoms with E-state index in [0.29, 0.717) is 25.3 Å². The van der Waals surface area contributed by atoms with E-state index in [1.54, 1.807) is 19.1 Å². The van der Waals surface area contributed by atoms with Gasteiger partial charge in [0.05, 0.1) is 5.56 Å². The third-order valence-electron chi connectivity index (χ3n) is 3.03. The Balaban J connectivity index is 1.95. The van der Waals surface area contributed by atoms with Crippen LogP contribution >= 0.6 is 0 Å². The van der Waals surface area contributed by atoms with Gasteiger partial charge in [-0.15, -0.1) is 0 Å². The Kier molecular flexibility index (Phi) is 3.81. The molecule has 4 nitrogen and oxygen atoms in total. The molecule has 0 radical (unpaired) electrons. The Morgan fingerprint density at radius 3 is 2.94 bits per heavy atom. The predicted molar refractivity (Wildman–Crippen MR) is 64.9 cm³/mol. The van der Waals surface area contributed by atoms with Crippen LogP contribution in [0.5, 0.6) is 5.75 Å². The van der Waals surface area contributed by atoms with Crippen molar-refractivity contribution in [2.75, 3.05) is 13.2 Å². The normalized spacial score (nSPS) is 23.0. The van der Waals surface area contributed by atoms with Gasteiger partial charge in [0.15, 0.2) is 0 Å². The summed E-state index contributed by atoms with van der Waals surface area (Å²) >= 11 is 0. The lowest BCUT2D eigenvalue weighted by Crippen LogP contribution is -2.28. The summed E-state index contributed by atoms with van der Waals surface area (Å²) in [5, 5.41) is 11.9. The number of halogens is 1. The van der Waals surface area contributed by atoms with Gasteiger partial charge in [-0.05, 0) is 37.1 Å². The fourth-order valence-corrected chi connectivity index (χ4v) is 2.03. The quantitative estimate of drug-likeness (QED) is 0.858. The molecule has 0 bridgehead atoms. The Bertz CT molecular complexity index is 450. The number of hydrogen-bond donors (Lipinski definition) is 2. The number of ether oxygens (including phenoxy) is 1. The third kappa shape index (κ3) is 2.98. The van der Waals surface area contributed by atoms with Gasteiger partial charge in [0.2, 0.25) is 0 Å². The van der Waals surface area contributed by atoms with Gasteiger partial charge in [-0.25, -0.2) is 9.18 Å². The van der Waals surface area contributed by atoms with Gasteiger partial charge in [0.1, 0.15) is 18.5 Å². The van der Waals surface area contributed by atoms with Crippen molar-refractivity contribution in [3.63, 3.8) is 0 Å². The molecule has 5 heteroatoms. The summed E-state index contributed by atoms with van der Waals surface area (Å²) < 4.78 is 18.5. The standard InChI is InChI=1S/C13H16FNO3/c1-8-4-9(13(16)17)2-3-12(8)18-7-11-5-10(14)6-15-11/h2-4,10-11,15H,5-7H2,1H3,(H,16,17)/t10-,11-/m0/s1. The molecular formula is C13H16FNO3. The Labute approximate surface area is 105 Å². The second-order valence-corrected chi connectivity index (χ2v) is 4.53. The molecule has 2 N–H and O–H groups in total. The summed E-state index contributed by atoms with van der Waals surface area (Å²) in [4.78, 5) is 10.8. The Morgan fingerprint density at radius 1 is 1.61 bits per heavy atom. The van der Waals surface area contributed by atoms with Crippen molar-refractivity contribution in [3.8, 4) is 5.75 Å². The number of carbonyl (C=O) groups is 1. The first-order valence-corrected chi connectivity index (χ1v) is 5.90. The molecule has 1 fully saturated rings. The van der Waals surface area contributed by atoms with Crippen molar-refractivity contribution in [3.05, 3.63) is 29.3 Å². The largest absolute Gasteiger partial charge is 0.492 e. The van der Waals surface area contributed by atoms with Gasteiger partial charge in [0.25, 0.3) is 0 Å². The van der Waals surface area contributed by atoms with Crippen LogP contribution in [-0.4, -0.2) is 36.4 Å². The highest BCUT2D eigenvalue weighted by Crippen LogP contribution is 2.20. The fourth-order valence-electron chi connectivity index (χ4n) is 2.03. The molecular weight excluding hydrogens is 237 g/mol. The first-order chi connectivity index (χ1) is 8.56. The molecule has 1 aliphatic rings. The minimum atomic E-state index is -0.956. The summed E-state index contributed by atoms with van der Waals surface area (Å²) in [5.41, 5.74) is 1.01. The molecule has 98 valence electrons. The van der Waals surface area contributed by atoms with Crippen LogP contribution in [0.3, 0.4) is 0 Å². The van der Waals surface area contributed by atoms with Crippen LogP contribution in [0.1, 0.15) is 22.3 Å². The van der Waals surface area contributed by atoms with Crippen LogP contribution < -0.4 is 10.1 Å². The second-order valence-electron chi connectivity index (χ2n) is 4.53. The molecule has 18 heavy (non-hydrogen) atoms. The highest BCUT2D eigenvalue weighted by Gasteiger charge is 2.23. The number of carboxylic acid groups (broad SMARTS) is 1. The molecule has 0 aliphatic carbocycles. The van der Waals surface area contributed by atoms with Crippen molar-refractivity contribution >= 4 is 5.97 Å². The lowest BCUT2D eigenvalue weighted by molar-refractivity contribution is 0.0696. The minimum absolute atomic E-state index is 0.0264. The van der Waals surface area contributed by atoms with Crippen molar-refractivity contribution in [2.45, 2.75) is 25.6 Å². The number of nitrogens with one attached hydrogen (secondary N) is 1. The van der Waals surface area contributed by atoms with E-state index in [4.69, 9.17) is 9.84 Å². The van der Waals surface area contributed by atoms with E-state index in [2.05, 4.69) is 5.32 Å². The maximum Gasteiger partial charge on any atom is 0.335 e. The highest BCUT2D eigenvalue weighted by atomic mass is 19.1. The third-order valence-corrected chi connectivity index (χ3v) is 3.03. The molecule has 1 aromatic carbocycles. The first-order valence-electron chi connectivity index (χ1n) is 5.90. The zero-order valence-electron chi connectivity index (χ0n) is 10.1. The molecule has 0 amide bonds. The zero-order chi connectivity index (χ0) is 13.1. The van der Waals surface area contributed by atoms with Crippen molar-refractivity contribution in [1.29, 1.82) is 0 Å². The van der Waals surface area contributed by atoms with Crippen molar-refractivity contribution in [1.82, 2.24) is 5.32 Å².